The van der Waals surface area contributed by atoms with Crippen LogP contribution < -0.4 is 5.32 Å². The fourth-order valence-electron chi connectivity index (χ4n) is 3.32. The van der Waals surface area contributed by atoms with Gasteiger partial charge in [-0.2, -0.15) is 0 Å². The topological polar surface area (TPSA) is 69.6 Å². The van der Waals surface area contributed by atoms with E-state index >= 15 is 0 Å². The quantitative estimate of drug-likeness (QED) is 0.860. The summed E-state index contributed by atoms with van der Waals surface area (Å²) in [5, 5.41) is 11.8. The van der Waals surface area contributed by atoms with E-state index in [2.05, 4.69) is 5.32 Å². The number of fused-ring (bicyclic) bond motifs is 1. The number of nitrogens with one attached hydrogen (secondary N) is 1. The van der Waals surface area contributed by atoms with E-state index in [0.29, 0.717) is 37.9 Å². The Morgan fingerprint density at radius 2 is 1.87 bits per heavy atom. The molecule has 124 valence electrons. The normalized spacial score (nSPS) is 24.2. The number of amides is 1. The van der Waals surface area contributed by atoms with Crippen molar-refractivity contribution in [3.63, 3.8) is 0 Å². The third kappa shape index (κ3) is 3.06. The number of hydrogen-bond acceptors (Lipinski definition) is 3. The molecule has 0 spiro atoms. The Bertz CT molecular complexity index is 642. The summed E-state index contributed by atoms with van der Waals surface area (Å²) in [6, 6.07) is 1.58. The van der Waals surface area contributed by atoms with Crippen molar-refractivity contribution in [2.24, 2.45) is 5.92 Å². The molecular formula is C16H18F2N2O3. The van der Waals surface area contributed by atoms with Gasteiger partial charge in [0.1, 0.15) is 17.7 Å². The van der Waals surface area contributed by atoms with E-state index in [1.54, 1.807) is 0 Å². The van der Waals surface area contributed by atoms with Crippen LogP contribution in [0.1, 0.15) is 24.0 Å². The summed E-state index contributed by atoms with van der Waals surface area (Å²) in [4.78, 5) is 25.0. The van der Waals surface area contributed by atoms with E-state index < -0.39 is 23.6 Å². The molecule has 1 aromatic carbocycles. The second kappa shape index (κ2) is 6.23. The first-order chi connectivity index (χ1) is 11.0. The van der Waals surface area contributed by atoms with E-state index in [1.807, 2.05) is 0 Å². The predicted molar refractivity (Wildman–Crippen MR) is 77.6 cm³/mol. The highest BCUT2D eigenvalue weighted by atomic mass is 19.1. The van der Waals surface area contributed by atoms with Crippen LogP contribution in [0.25, 0.3) is 0 Å². The second-order valence-corrected chi connectivity index (χ2v) is 6.07. The molecular weight excluding hydrogens is 306 g/mol. The molecule has 1 saturated heterocycles. The first kappa shape index (κ1) is 15.9. The summed E-state index contributed by atoms with van der Waals surface area (Å²) < 4.78 is 27.6. The lowest BCUT2D eigenvalue weighted by Gasteiger charge is -2.34. The summed E-state index contributed by atoms with van der Waals surface area (Å²) in [7, 11) is 0. The van der Waals surface area contributed by atoms with Gasteiger partial charge in [0, 0.05) is 25.2 Å². The average molecular weight is 324 g/mol. The third-order valence-corrected chi connectivity index (χ3v) is 4.67. The maximum absolute atomic E-state index is 13.9. The largest absolute Gasteiger partial charge is 0.480 e. The van der Waals surface area contributed by atoms with Crippen molar-refractivity contribution in [1.82, 2.24) is 10.2 Å². The van der Waals surface area contributed by atoms with E-state index in [-0.39, 0.29) is 23.9 Å². The molecule has 1 fully saturated rings. The van der Waals surface area contributed by atoms with Gasteiger partial charge >= 0.3 is 5.97 Å². The van der Waals surface area contributed by atoms with Crippen LogP contribution in [0.5, 0.6) is 0 Å². The Morgan fingerprint density at radius 1 is 1.17 bits per heavy atom. The standard InChI is InChI=1S/C16H18F2N2O3/c17-12-2-3-13(18)11-8-20(6-5-10(11)12)15(21)9-1-4-14(16(22)23)19-7-9/h2-3,9,14,19H,1,4-8H2,(H,22,23). The summed E-state index contributed by atoms with van der Waals surface area (Å²) >= 11 is 0. The zero-order chi connectivity index (χ0) is 16.6. The molecule has 3 rings (SSSR count). The van der Waals surface area contributed by atoms with Crippen molar-refractivity contribution in [1.29, 1.82) is 0 Å². The fraction of sp³-hybridized carbons (Fsp3) is 0.500. The number of nitrogens with zero attached hydrogens (tertiary/aromatic N) is 1. The van der Waals surface area contributed by atoms with Crippen LogP contribution in [0.4, 0.5) is 8.78 Å². The van der Waals surface area contributed by atoms with Crippen LogP contribution in [-0.2, 0) is 22.6 Å². The molecule has 2 aliphatic heterocycles. The number of rotatable bonds is 2. The van der Waals surface area contributed by atoms with Gasteiger partial charge in [0.05, 0.1) is 5.92 Å². The van der Waals surface area contributed by atoms with Gasteiger partial charge in [-0.25, -0.2) is 8.78 Å². The molecule has 0 radical (unpaired) electrons. The SMILES string of the molecule is O=C(O)C1CCC(C(=O)N2CCc3c(F)ccc(F)c3C2)CN1. The van der Waals surface area contributed by atoms with E-state index in [9.17, 15) is 18.4 Å². The maximum atomic E-state index is 13.9. The number of piperidine rings is 1. The molecule has 2 N–H and O–H groups in total. The number of hydrogen-bond donors (Lipinski definition) is 2. The Kier molecular flexibility index (Phi) is 4.30. The van der Waals surface area contributed by atoms with Gasteiger partial charge in [0.15, 0.2) is 0 Å². The summed E-state index contributed by atoms with van der Waals surface area (Å²) in [5.41, 5.74) is 0.596. The van der Waals surface area contributed by atoms with Crippen molar-refractivity contribution in [2.45, 2.75) is 31.8 Å². The highest BCUT2D eigenvalue weighted by molar-refractivity contribution is 5.80. The van der Waals surface area contributed by atoms with Crippen LogP contribution >= 0.6 is 0 Å². The molecule has 0 bridgehead atoms. The first-order valence-corrected chi connectivity index (χ1v) is 7.68. The molecule has 0 aromatic heterocycles. The molecule has 0 saturated carbocycles. The molecule has 5 nitrogen and oxygen atoms in total. The average Bonchev–Trinajstić information content (AvgIpc) is 2.57. The monoisotopic (exact) mass is 324 g/mol. The molecule has 2 heterocycles. The number of carbonyl (C=O) groups is 2. The van der Waals surface area contributed by atoms with E-state index in [4.69, 9.17) is 5.11 Å². The Hall–Kier alpha value is -2.02. The van der Waals surface area contributed by atoms with Crippen LogP contribution in [0.15, 0.2) is 12.1 Å². The van der Waals surface area contributed by atoms with Gasteiger partial charge in [-0.3, -0.25) is 9.59 Å². The van der Waals surface area contributed by atoms with Crippen LogP contribution in [-0.4, -0.2) is 41.0 Å². The molecule has 2 unspecified atom stereocenters. The van der Waals surface area contributed by atoms with Gasteiger partial charge in [0.25, 0.3) is 0 Å². The molecule has 1 aromatic rings. The number of halogens is 2. The molecule has 1 amide bonds. The van der Waals surface area contributed by atoms with Crippen molar-refractivity contribution in [3.05, 3.63) is 34.9 Å². The van der Waals surface area contributed by atoms with E-state index in [0.717, 1.165) is 12.1 Å². The van der Waals surface area contributed by atoms with Gasteiger partial charge in [-0.1, -0.05) is 0 Å². The number of aliphatic carboxylic acids is 1. The van der Waals surface area contributed by atoms with Crippen LogP contribution in [0.3, 0.4) is 0 Å². The van der Waals surface area contributed by atoms with Gasteiger partial charge in [-0.15, -0.1) is 0 Å². The summed E-state index contributed by atoms with van der Waals surface area (Å²) in [5.74, 6) is -2.29. The number of carboxylic acids is 1. The minimum absolute atomic E-state index is 0.0661. The van der Waals surface area contributed by atoms with Crippen molar-refractivity contribution in [2.75, 3.05) is 13.1 Å². The van der Waals surface area contributed by atoms with Crippen molar-refractivity contribution in [3.8, 4) is 0 Å². The summed E-state index contributed by atoms with van der Waals surface area (Å²) in [6.07, 6.45) is 1.17. The third-order valence-electron chi connectivity index (χ3n) is 4.67. The lowest BCUT2D eigenvalue weighted by Crippen LogP contribution is -2.50. The Labute approximate surface area is 132 Å². The highest BCUT2D eigenvalue weighted by Gasteiger charge is 2.33. The lowest BCUT2D eigenvalue weighted by atomic mass is 9.91. The molecule has 2 atom stereocenters. The molecule has 7 heteroatoms. The van der Waals surface area contributed by atoms with Gasteiger partial charge < -0.3 is 15.3 Å². The van der Waals surface area contributed by atoms with Crippen LogP contribution in [0, 0.1) is 17.6 Å². The second-order valence-electron chi connectivity index (χ2n) is 6.07. The minimum Gasteiger partial charge on any atom is -0.480 e. The number of benzene rings is 1. The minimum atomic E-state index is -0.916. The van der Waals surface area contributed by atoms with Gasteiger partial charge in [-0.05, 0) is 37.0 Å². The highest BCUT2D eigenvalue weighted by Crippen LogP contribution is 2.26. The van der Waals surface area contributed by atoms with E-state index in [1.165, 1.54) is 4.90 Å². The number of carboxylic acid groups (broad SMARTS) is 1. The lowest BCUT2D eigenvalue weighted by molar-refractivity contribution is -0.143. The molecule has 0 aliphatic carbocycles. The predicted octanol–water partition coefficient (Wildman–Crippen LogP) is 1.30. The Morgan fingerprint density at radius 3 is 2.48 bits per heavy atom. The van der Waals surface area contributed by atoms with Crippen molar-refractivity contribution < 1.29 is 23.5 Å². The fourth-order valence-corrected chi connectivity index (χ4v) is 3.32. The zero-order valence-electron chi connectivity index (χ0n) is 12.5. The smallest absolute Gasteiger partial charge is 0.320 e. The first-order valence-electron chi connectivity index (χ1n) is 7.68. The number of carbonyl (C=O) groups excluding carboxylic acids is 1. The van der Waals surface area contributed by atoms with Crippen molar-refractivity contribution >= 4 is 11.9 Å². The summed E-state index contributed by atoms with van der Waals surface area (Å²) in [6.45, 7) is 0.715. The van der Waals surface area contributed by atoms with Crippen LogP contribution in [0.2, 0.25) is 0 Å². The molecule has 2 aliphatic rings. The zero-order valence-corrected chi connectivity index (χ0v) is 12.5. The van der Waals surface area contributed by atoms with Gasteiger partial charge in [0.2, 0.25) is 5.91 Å². The molecule has 23 heavy (non-hydrogen) atoms. The maximum Gasteiger partial charge on any atom is 0.320 e. The Balaban J connectivity index is 1.68.